The molecule has 1 spiro atoms. The lowest BCUT2D eigenvalue weighted by Gasteiger charge is -2.43. The minimum atomic E-state index is -1.14. The van der Waals surface area contributed by atoms with Gasteiger partial charge in [0.2, 0.25) is 0 Å². The fraction of sp³-hybridized carbons (Fsp3) is 0.538. The normalized spacial score (nSPS) is 33.8. The van der Waals surface area contributed by atoms with E-state index in [9.17, 15) is 10.2 Å². The van der Waals surface area contributed by atoms with Crippen LogP contribution in [0.15, 0.2) is 60.7 Å². The summed E-state index contributed by atoms with van der Waals surface area (Å²) in [5.74, 6) is -0.697. The third-order valence-corrected chi connectivity index (χ3v) is 6.88. The standard InChI is InChI=1S/C26H32O6/c27-20-21(28)23-25(32-26(31-23)14-8-3-9-15-26)24(30-17-19-12-6-2-7-13-19)22(20)29-16-18-10-4-1-5-11-18/h1-2,4-7,10-13,20-25,27-28H,3,8-9,14-17H2/t20-,21+,22+,23-,24-,25-/m0/s1. The molecule has 2 aromatic rings. The fourth-order valence-electron chi connectivity index (χ4n) is 5.19. The number of hydrogen-bond donors (Lipinski definition) is 2. The van der Waals surface area contributed by atoms with E-state index in [-0.39, 0.29) is 0 Å². The van der Waals surface area contributed by atoms with Crippen LogP contribution in [0.5, 0.6) is 0 Å². The molecule has 6 atom stereocenters. The second-order valence-electron chi connectivity index (χ2n) is 9.14. The number of benzene rings is 2. The number of rotatable bonds is 6. The van der Waals surface area contributed by atoms with Crippen LogP contribution in [0, 0.1) is 0 Å². The molecular formula is C26H32O6. The molecule has 6 heteroatoms. The second-order valence-corrected chi connectivity index (χ2v) is 9.14. The molecule has 1 aliphatic heterocycles. The average Bonchev–Trinajstić information content (AvgIpc) is 3.20. The summed E-state index contributed by atoms with van der Waals surface area (Å²) >= 11 is 0. The Kier molecular flexibility index (Phi) is 6.60. The molecule has 172 valence electrons. The van der Waals surface area contributed by atoms with Crippen molar-refractivity contribution in [2.24, 2.45) is 0 Å². The summed E-state index contributed by atoms with van der Waals surface area (Å²) in [5, 5.41) is 22.0. The minimum absolute atomic E-state index is 0.309. The zero-order chi connectivity index (χ0) is 22.0. The monoisotopic (exact) mass is 440 g/mol. The number of hydrogen-bond acceptors (Lipinski definition) is 6. The van der Waals surface area contributed by atoms with Gasteiger partial charge in [-0.2, -0.15) is 0 Å². The zero-order valence-electron chi connectivity index (χ0n) is 18.2. The van der Waals surface area contributed by atoms with Gasteiger partial charge in [0, 0.05) is 12.8 Å². The molecule has 0 aromatic heterocycles. The van der Waals surface area contributed by atoms with Crippen LogP contribution in [-0.4, -0.2) is 52.6 Å². The molecule has 2 saturated carbocycles. The molecule has 0 unspecified atom stereocenters. The van der Waals surface area contributed by atoms with Gasteiger partial charge in [-0.15, -0.1) is 0 Å². The van der Waals surface area contributed by atoms with Gasteiger partial charge in [-0.25, -0.2) is 0 Å². The minimum Gasteiger partial charge on any atom is -0.387 e. The smallest absolute Gasteiger partial charge is 0.169 e. The van der Waals surface area contributed by atoms with Gasteiger partial charge >= 0.3 is 0 Å². The van der Waals surface area contributed by atoms with Gasteiger partial charge in [0.25, 0.3) is 0 Å². The van der Waals surface area contributed by atoms with Crippen LogP contribution in [-0.2, 0) is 32.2 Å². The quantitative estimate of drug-likeness (QED) is 0.718. The van der Waals surface area contributed by atoms with E-state index in [1.165, 1.54) is 0 Å². The van der Waals surface area contributed by atoms with Crippen molar-refractivity contribution in [3.8, 4) is 0 Å². The Morgan fingerprint density at radius 2 is 1.22 bits per heavy atom. The maximum atomic E-state index is 11.0. The summed E-state index contributed by atoms with van der Waals surface area (Å²) < 4.78 is 25.3. The molecule has 0 amide bonds. The van der Waals surface area contributed by atoms with Crippen molar-refractivity contribution in [3.63, 3.8) is 0 Å². The Balaban J connectivity index is 1.38. The fourth-order valence-corrected chi connectivity index (χ4v) is 5.19. The van der Waals surface area contributed by atoms with E-state index >= 15 is 0 Å². The van der Waals surface area contributed by atoms with E-state index in [1.54, 1.807) is 0 Å². The second kappa shape index (κ2) is 9.59. The first-order valence-electron chi connectivity index (χ1n) is 11.7. The number of ether oxygens (including phenoxy) is 4. The van der Waals surface area contributed by atoms with Gasteiger partial charge < -0.3 is 29.2 Å². The molecule has 6 nitrogen and oxygen atoms in total. The Bertz CT molecular complexity index is 853. The van der Waals surface area contributed by atoms with Gasteiger partial charge in [-0.05, 0) is 24.0 Å². The molecule has 0 bridgehead atoms. The van der Waals surface area contributed by atoms with Crippen LogP contribution < -0.4 is 0 Å². The van der Waals surface area contributed by atoms with E-state index in [2.05, 4.69) is 0 Å². The molecule has 1 heterocycles. The molecule has 3 fully saturated rings. The van der Waals surface area contributed by atoms with Crippen LogP contribution in [0.25, 0.3) is 0 Å². The molecule has 0 radical (unpaired) electrons. The molecule has 3 aliphatic rings. The van der Waals surface area contributed by atoms with E-state index in [4.69, 9.17) is 18.9 Å². The Morgan fingerprint density at radius 1 is 0.688 bits per heavy atom. The van der Waals surface area contributed by atoms with Gasteiger partial charge in [-0.3, -0.25) is 0 Å². The average molecular weight is 441 g/mol. The van der Waals surface area contributed by atoms with Gasteiger partial charge in [0.1, 0.15) is 36.6 Å². The van der Waals surface area contributed by atoms with Crippen LogP contribution in [0.1, 0.15) is 43.2 Å². The molecule has 32 heavy (non-hydrogen) atoms. The summed E-state index contributed by atoms with van der Waals surface area (Å²) in [6.45, 7) is 0.670. The first-order chi connectivity index (χ1) is 15.7. The van der Waals surface area contributed by atoms with Crippen LogP contribution >= 0.6 is 0 Å². The number of aliphatic hydroxyl groups is 2. The van der Waals surface area contributed by atoms with Crippen molar-refractivity contribution in [2.75, 3.05) is 0 Å². The molecule has 2 aliphatic carbocycles. The third kappa shape index (κ3) is 4.49. The highest BCUT2D eigenvalue weighted by Crippen LogP contribution is 2.46. The Hall–Kier alpha value is -1.80. The van der Waals surface area contributed by atoms with Crippen molar-refractivity contribution in [3.05, 3.63) is 71.8 Å². The highest BCUT2D eigenvalue weighted by atomic mass is 16.8. The maximum absolute atomic E-state index is 11.0. The van der Waals surface area contributed by atoms with E-state index in [1.807, 2.05) is 60.7 Å². The summed E-state index contributed by atoms with van der Waals surface area (Å²) in [6.07, 6.45) is 0.127. The van der Waals surface area contributed by atoms with Crippen molar-refractivity contribution < 1.29 is 29.2 Å². The first-order valence-corrected chi connectivity index (χ1v) is 11.7. The Morgan fingerprint density at radius 3 is 1.81 bits per heavy atom. The summed E-state index contributed by atoms with van der Waals surface area (Å²) in [5.41, 5.74) is 2.02. The van der Waals surface area contributed by atoms with Crippen molar-refractivity contribution in [1.29, 1.82) is 0 Å². The molecule has 5 rings (SSSR count). The molecular weight excluding hydrogens is 408 g/mol. The Labute approximate surface area is 189 Å². The van der Waals surface area contributed by atoms with Gasteiger partial charge in [0.05, 0.1) is 13.2 Å². The van der Waals surface area contributed by atoms with Crippen molar-refractivity contribution in [2.45, 2.75) is 87.7 Å². The SMILES string of the molecule is O[C@@H]1[C@H](O)[C@@H](OCc2ccccc2)[C@H](OCc2ccccc2)[C@H]2OC3(CCCCC3)O[C@@H]12. The van der Waals surface area contributed by atoms with Gasteiger partial charge in [0.15, 0.2) is 5.79 Å². The van der Waals surface area contributed by atoms with E-state index in [0.29, 0.717) is 13.2 Å². The number of fused-ring (bicyclic) bond motifs is 1. The predicted octanol–water partition coefficient (Wildman–Crippen LogP) is 3.34. The predicted molar refractivity (Wildman–Crippen MR) is 118 cm³/mol. The highest BCUT2D eigenvalue weighted by molar-refractivity contribution is 5.15. The lowest BCUT2D eigenvalue weighted by Crippen LogP contribution is -2.64. The van der Waals surface area contributed by atoms with Crippen LogP contribution in [0.3, 0.4) is 0 Å². The zero-order valence-corrected chi connectivity index (χ0v) is 18.2. The van der Waals surface area contributed by atoms with Crippen molar-refractivity contribution in [1.82, 2.24) is 0 Å². The molecule has 2 aromatic carbocycles. The number of aliphatic hydroxyl groups excluding tert-OH is 2. The lowest BCUT2D eigenvalue weighted by molar-refractivity contribution is -0.228. The van der Waals surface area contributed by atoms with E-state index < -0.39 is 42.4 Å². The topological polar surface area (TPSA) is 77.4 Å². The highest BCUT2D eigenvalue weighted by Gasteiger charge is 2.60. The summed E-state index contributed by atoms with van der Waals surface area (Å²) in [4.78, 5) is 0. The largest absolute Gasteiger partial charge is 0.387 e. The van der Waals surface area contributed by atoms with E-state index in [0.717, 1.165) is 43.2 Å². The van der Waals surface area contributed by atoms with Crippen LogP contribution in [0.4, 0.5) is 0 Å². The lowest BCUT2D eigenvalue weighted by atomic mass is 9.84. The third-order valence-electron chi connectivity index (χ3n) is 6.88. The van der Waals surface area contributed by atoms with Gasteiger partial charge in [-0.1, -0.05) is 67.1 Å². The first kappa shape index (κ1) is 22.0. The van der Waals surface area contributed by atoms with Crippen molar-refractivity contribution >= 4 is 0 Å². The summed E-state index contributed by atoms with van der Waals surface area (Å²) in [7, 11) is 0. The van der Waals surface area contributed by atoms with Crippen LogP contribution in [0.2, 0.25) is 0 Å². The maximum Gasteiger partial charge on any atom is 0.169 e. The summed E-state index contributed by atoms with van der Waals surface area (Å²) in [6, 6.07) is 19.7. The molecule has 2 N–H and O–H groups in total. The molecule has 1 saturated heterocycles.